The van der Waals surface area contributed by atoms with Crippen molar-refractivity contribution >= 4 is 5.96 Å². The average Bonchev–Trinajstić information content (AvgIpc) is 2.76. The number of hydrogen-bond acceptors (Lipinski definition) is 4. The number of para-hydroxylation sites is 1. The lowest BCUT2D eigenvalue weighted by atomic mass is 10.2. The molecular formula is C22H29FN4O2. The highest BCUT2D eigenvalue weighted by Crippen LogP contribution is 2.17. The fourth-order valence-corrected chi connectivity index (χ4v) is 3.12. The number of rotatable bonds is 8. The van der Waals surface area contributed by atoms with E-state index in [4.69, 9.17) is 9.47 Å². The van der Waals surface area contributed by atoms with E-state index in [1.165, 1.54) is 6.07 Å². The highest BCUT2D eigenvalue weighted by atomic mass is 19.1. The van der Waals surface area contributed by atoms with Gasteiger partial charge in [0.2, 0.25) is 0 Å². The fourth-order valence-electron chi connectivity index (χ4n) is 3.12. The first kappa shape index (κ1) is 21.1. The number of ether oxygens (including phenoxy) is 2. The SMILES string of the molecule is CN=C(NCc1ccccc1F)NCc1ccccc1OCCN1CCOCC1. The maximum Gasteiger partial charge on any atom is 0.191 e. The molecule has 3 rings (SSSR count). The quantitative estimate of drug-likeness (QED) is 0.526. The molecule has 1 heterocycles. The molecule has 1 aliphatic rings. The standard InChI is InChI=1S/C22H29FN4O2/c1-24-22(25-16-18-6-2-4-8-20(18)23)26-17-19-7-3-5-9-21(19)29-15-12-27-10-13-28-14-11-27/h2-9H,10-17H2,1H3,(H2,24,25,26). The Balaban J connectivity index is 1.48. The normalized spacial score (nSPS) is 15.2. The molecule has 2 N–H and O–H groups in total. The zero-order valence-electron chi connectivity index (χ0n) is 16.9. The fraction of sp³-hybridized carbons (Fsp3) is 0.409. The summed E-state index contributed by atoms with van der Waals surface area (Å²) in [4.78, 5) is 6.56. The van der Waals surface area contributed by atoms with Crippen LogP contribution in [0.2, 0.25) is 0 Å². The van der Waals surface area contributed by atoms with Crippen LogP contribution in [0, 0.1) is 5.82 Å². The van der Waals surface area contributed by atoms with Gasteiger partial charge < -0.3 is 20.1 Å². The summed E-state index contributed by atoms with van der Waals surface area (Å²) in [5.41, 5.74) is 1.64. The monoisotopic (exact) mass is 400 g/mol. The van der Waals surface area contributed by atoms with Gasteiger partial charge in [0.15, 0.2) is 5.96 Å². The highest BCUT2D eigenvalue weighted by Gasteiger charge is 2.11. The molecule has 0 aliphatic carbocycles. The second kappa shape index (κ2) is 11.4. The van der Waals surface area contributed by atoms with Crippen LogP contribution < -0.4 is 15.4 Å². The van der Waals surface area contributed by atoms with E-state index in [0.717, 1.165) is 44.2 Å². The van der Waals surface area contributed by atoms with Gasteiger partial charge in [0.1, 0.15) is 18.2 Å². The number of nitrogens with zero attached hydrogens (tertiary/aromatic N) is 2. The number of hydrogen-bond donors (Lipinski definition) is 2. The van der Waals surface area contributed by atoms with Crippen molar-refractivity contribution in [1.29, 1.82) is 0 Å². The zero-order valence-corrected chi connectivity index (χ0v) is 16.9. The maximum atomic E-state index is 13.8. The molecule has 0 aromatic heterocycles. The number of halogens is 1. The summed E-state index contributed by atoms with van der Waals surface area (Å²) < 4.78 is 25.2. The van der Waals surface area contributed by atoms with Crippen LogP contribution in [0.3, 0.4) is 0 Å². The van der Waals surface area contributed by atoms with Crippen molar-refractivity contribution < 1.29 is 13.9 Å². The van der Waals surface area contributed by atoms with E-state index in [1.54, 1.807) is 19.2 Å². The number of nitrogens with one attached hydrogen (secondary N) is 2. The minimum Gasteiger partial charge on any atom is -0.492 e. The van der Waals surface area contributed by atoms with Gasteiger partial charge in [-0.2, -0.15) is 0 Å². The van der Waals surface area contributed by atoms with Crippen LogP contribution in [0.25, 0.3) is 0 Å². The van der Waals surface area contributed by atoms with Crippen LogP contribution in [0.5, 0.6) is 5.75 Å². The summed E-state index contributed by atoms with van der Waals surface area (Å²) >= 11 is 0. The van der Waals surface area contributed by atoms with Crippen molar-refractivity contribution in [3.8, 4) is 5.75 Å². The third kappa shape index (κ3) is 6.73. The van der Waals surface area contributed by atoms with Gasteiger partial charge in [-0.3, -0.25) is 9.89 Å². The van der Waals surface area contributed by atoms with Gasteiger partial charge in [-0.15, -0.1) is 0 Å². The molecule has 7 heteroatoms. The van der Waals surface area contributed by atoms with E-state index in [1.807, 2.05) is 30.3 Å². The number of benzene rings is 2. The van der Waals surface area contributed by atoms with Gasteiger partial charge in [-0.05, 0) is 12.1 Å². The Morgan fingerprint density at radius 1 is 1.03 bits per heavy atom. The van der Waals surface area contributed by atoms with Crippen LogP contribution in [0.15, 0.2) is 53.5 Å². The topological polar surface area (TPSA) is 58.1 Å². The van der Waals surface area contributed by atoms with Gasteiger partial charge in [0.25, 0.3) is 0 Å². The van der Waals surface area contributed by atoms with E-state index in [-0.39, 0.29) is 5.82 Å². The highest BCUT2D eigenvalue weighted by molar-refractivity contribution is 5.79. The van der Waals surface area contributed by atoms with E-state index in [2.05, 4.69) is 20.5 Å². The largest absolute Gasteiger partial charge is 0.492 e. The molecule has 2 aromatic rings. The lowest BCUT2D eigenvalue weighted by molar-refractivity contribution is 0.0322. The van der Waals surface area contributed by atoms with Crippen molar-refractivity contribution in [2.24, 2.45) is 4.99 Å². The summed E-state index contributed by atoms with van der Waals surface area (Å²) in [7, 11) is 1.70. The number of morpholine rings is 1. The summed E-state index contributed by atoms with van der Waals surface area (Å²) in [6, 6.07) is 14.7. The Morgan fingerprint density at radius 3 is 2.41 bits per heavy atom. The zero-order chi connectivity index (χ0) is 20.3. The third-order valence-electron chi connectivity index (χ3n) is 4.82. The van der Waals surface area contributed by atoms with Crippen LogP contribution in [0.4, 0.5) is 4.39 Å². The average molecular weight is 400 g/mol. The molecule has 1 aliphatic heterocycles. The number of guanidine groups is 1. The van der Waals surface area contributed by atoms with E-state index < -0.39 is 0 Å². The smallest absolute Gasteiger partial charge is 0.191 e. The van der Waals surface area contributed by atoms with Crippen LogP contribution >= 0.6 is 0 Å². The Bertz CT molecular complexity index is 794. The summed E-state index contributed by atoms with van der Waals surface area (Å²) in [5.74, 6) is 1.24. The van der Waals surface area contributed by atoms with Crippen molar-refractivity contribution in [1.82, 2.24) is 15.5 Å². The molecule has 0 atom stereocenters. The lowest BCUT2D eigenvalue weighted by Crippen LogP contribution is -2.38. The minimum absolute atomic E-state index is 0.227. The molecule has 0 unspecified atom stereocenters. The second-order valence-electron chi connectivity index (χ2n) is 6.78. The van der Waals surface area contributed by atoms with Gasteiger partial charge >= 0.3 is 0 Å². The molecule has 2 aromatic carbocycles. The molecule has 0 saturated carbocycles. The molecule has 0 amide bonds. The van der Waals surface area contributed by atoms with Crippen molar-refractivity contribution in [3.63, 3.8) is 0 Å². The van der Waals surface area contributed by atoms with E-state index >= 15 is 0 Å². The van der Waals surface area contributed by atoms with Crippen molar-refractivity contribution in [3.05, 3.63) is 65.5 Å². The van der Waals surface area contributed by atoms with Crippen LogP contribution in [-0.2, 0) is 17.8 Å². The summed E-state index contributed by atoms with van der Waals surface area (Å²) in [5, 5.41) is 6.41. The Kier molecular flexibility index (Phi) is 8.27. The van der Waals surface area contributed by atoms with Gasteiger partial charge in [-0.1, -0.05) is 36.4 Å². The van der Waals surface area contributed by atoms with Crippen molar-refractivity contribution in [2.45, 2.75) is 13.1 Å². The predicted octanol–water partition coefficient (Wildman–Crippen LogP) is 2.40. The molecule has 1 saturated heterocycles. The predicted molar refractivity (Wildman–Crippen MR) is 113 cm³/mol. The Morgan fingerprint density at radius 2 is 1.69 bits per heavy atom. The molecule has 0 spiro atoms. The van der Waals surface area contributed by atoms with E-state index in [0.29, 0.717) is 31.2 Å². The lowest BCUT2D eigenvalue weighted by Gasteiger charge is -2.26. The number of aliphatic imine (C=N–C) groups is 1. The minimum atomic E-state index is -0.227. The summed E-state index contributed by atoms with van der Waals surface area (Å²) in [6.45, 7) is 5.94. The van der Waals surface area contributed by atoms with Crippen LogP contribution in [0.1, 0.15) is 11.1 Å². The first-order valence-electron chi connectivity index (χ1n) is 9.95. The molecule has 1 fully saturated rings. The van der Waals surface area contributed by atoms with Crippen LogP contribution in [-0.4, -0.2) is 57.4 Å². The second-order valence-corrected chi connectivity index (χ2v) is 6.78. The third-order valence-corrected chi connectivity index (χ3v) is 4.82. The molecule has 29 heavy (non-hydrogen) atoms. The van der Waals surface area contributed by atoms with Crippen molar-refractivity contribution in [2.75, 3.05) is 46.5 Å². The van der Waals surface area contributed by atoms with E-state index in [9.17, 15) is 4.39 Å². The van der Waals surface area contributed by atoms with Gasteiger partial charge in [0, 0.05) is 50.9 Å². The molecule has 6 nitrogen and oxygen atoms in total. The molecule has 0 bridgehead atoms. The Labute approximate surface area is 171 Å². The first-order valence-corrected chi connectivity index (χ1v) is 9.95. The van der Waals surface area contributed by atoms with Gasteiger partial charge in [0.05, 0.1) is 13.2 Å². The molecular weight excluding hydrogens is 371 g/mol. The summed E-state index contributed by atoms with van der Waals surface area (Å²) in [6.07, 6.45) is 0. The molecule has 0 radical (unpaired) electrons. The Hall–Kier alpha value is -2.64. The van der Waals surface area contributed by atoms with Gasteiger partial charge in [-0.25, -0.2) is 4.39 Å². The maximum absolute atomic E-state index is 13.8. The molecule has 156 valence electrons. The first-order chi connectivity index (χ1) is 14.3.